The molecule has 0 aromatic rings. The molecule has 0 saturated carbocycles. The van der Waals surface area contributed by atoms with Crippen LogP contribution in [0, 0.1) is 0 Å². The molecule has 1 fully saturated rings. The van der Waals surface area contributed by atoms with E-state index in [-0.39, 0.29) is 12.6 Å². The van der Waals surface area contributed by atoms with Crippen molar-refractivity contribution >= 4 is 12.0 Å². The number of urea groups is 1. The maximum atomic E-state index is 11.9. The number of nitrogens with one attached hydrogen (secondary N) is 1. The molecule has 1 unspecified atom stereocenters. The van der Waals surface area contributed by atoms with Crippen molar-refractivity contribution in [3.63, 3.8) is 0 Å². The lowest BCUT2D eigenvalue weighted by atomic mass is 10.2. The number of carbonyl (C=O) groups is 2. The lowest BCUT2D eigenvalue weighted by Crippen LogP contribution is -2.56. The summed E-state index contributed by atoms with van der Waals surface area (Å²) in [6.45, 7) is 8.02. The van der Waals surface area contributed by atoms with Crippen molar-refractivity contribution in [2.45, 2.75) is 19.9 Å². The van der Waals surface area contributed by atoms with Crippen LogP contribution in [0.25, 0.3) is 0 Å². The summed E-state index contributed by atoms with van der Waals surface area (Å²) in [5.74, 6) is -1.03. The average Bonchev–Trinajstić information content (AvgIpc) is 2.43. The van der Waals surface area contributed by atoms with Crippen LogP contribution in [0.3, 0.4) is 0 Å². The van der Waals surface area contributed by atoms with E-state index in [1.54, 1.807) is 0 Å². The molecule has 1 atom stereocenters. The summed E-state index contributed by atoms with van der Waals surface area (Å²) < 4.78 is 5.09. The van der Waals surface area contributed by atoms with Crippen molar-refractivity contribution in [1.29, 1.82) is 0 Å². The van der Waals surface area contributed by atoms with E-state index in [0.29, 0.717) is 19.7 Å². The fourth-order valence-electron chi connectivity index (χ4n) is 2.01. The summed E-state index contributed by atoms with van der Waals surface area (Å²) in [5, 5.41) is 11.8. The van der Waals surface area contributed by atoms with Gasteiger partial charge in [0.2, 0.25) is 0 Å². The third kappa shape index (κ3) is 4.68. The average molecular weight is 273 g/mol. The molecule has 7 heteroatoms. The van der Waals surface area contributed by atoms with E-state index in [4.69, 9.17) is 9.84 Å². The molecule has 110 valence electrons. The van der Waals surface area contributed by atoms with Crippen LogP contribution in [0.2, 0.25) is 0 Å². The van der Waals surface area contributed by atoms with Gasteiger partial charge in [-0.3, -0.25) is 0 Å². The quantitative estimate of drug-likeness (QED) is 0.702. The Morgan fingerprint density at radius 2 is 2.11 bits per heavy atom. The lowest BCUT2D eigenvalue weighted by Gasteiger charge is -2.33. The standard InChI is InChI=1S/C12H23N3O4/c1-3-14(4-2)6-5-13-12(18)15-7-8-19-9-10(15)11(16)17/h10H,3-9H2,1-2H3,(H,13,18)(H,16,17). The van der Waals surface area contributed by atoms with E-state index >= 15 is 0 Å². The third-order valence-electron chi connectivity index (χ3n) is 3.27. The van der Waals surface area contributed by atoms with Crippen LogP contribution in [0.15, 0.2) is 0 Å². The highest BCUT2D eigenvalue weighted by Gasteiger charge is 2.32. The summed E-state index contributed by atoms with van der Waals surface area (Å²) in [6.07, 6.45) is 0. The molecule has 1 aliphatic heterocycles. The predicted molar refractivity (Wildman–Crippen MR) is 70.1 cm³/mol. The predicted octanol–water partition coefficient (Wildman–Crippen LogP) is -0.177. The van der Waals surface area contributed by atoms with Crippen molar-refractivity contribution in [3.8, 4) is 0 Å². The molecule has 0 aromatic carbocycles. The number of carboxylic acids is 1. The summed E-state index contributed by atoms with van der Waals surface area (Å²) >= 11 is 0. The molecular weight excluding hydrogens is 250 g/mol. The van der Waals surface area contributed by atoms with Crippen molar-refractivity contribution < 1.29 is 19.4 Å². The number of ether oxygens (including phenoxy) is 1. The zero-order chi connectivity index (χ0) is 14.3. The summed E-state index contributed by atoms with van der Waals surface area (Å²) in [4.78, 5) is 26.5. The van der Waals surface area contributed by atoms with E-state index in [1.807, 2.05) is 0 Å². The molecule has 7 nitrogen and oxygen atoms in total. The van der Waals surface area contributed by atoms with E-state index in [2.05, 4.69) is 24.1 Å². The summed E-state index contributed by atoms with van der Waals surface area (Å²) in [5.41, 5.74) is 0. The van der Waals surface area contributed by atoms with Gasteiger partial charge in [-0.1, -0.05) is 13.8 Å². The molecular formula is C12H23N3O4. The summed E-state index contributed by atoms with van der Waals surface area (Å²) in [7, 11) is 0. The minimum Gasteiger partial charge on any atom is -0.480 e. The maximum absolute atomic E-state index is 11.9. The Labute approximate surface area is 113 Å². The number of hydrogen-bond acceptors (Lipinski definition) is 4. The molecule has 1 saturated heterocycles. The Bertz CT molecular complexity index is 307. The summed E-state index contributed by atoms with van der Waals surface area (Å²) in [6, 6.07) is -1.22. The highest BCUT2D eigenvalue weighted by Crippen LogP contribution is 2.07. The second kappa shape index (κ2) is 7.96. The van der Waals surface area contributed by atoms with Gasteiger partial charge in [0.1, 0.15) is 0 Å². The molecule has 0 radical (unpaired) electrons. The number of carboxylic acid groups (broad SMARTS) is 1. The number of amides is 2. The Morgan fingerprint density at radius 1 is 1.42 bits per heavy atom. The van der Waals surface area contributed by atoms with Crippen molar-refractivity contribution in [2.75, 3.05) is 45.9 Å². The van der Waals surface area contributed by atoms with Gasteiger partial charge in [-0.15, -0.1) is 0 Å². The number of likely N-dealkylation sites (N-methyl/N-ethyl adjacent to an activating group) is 1. The Balaban J connectivity index is 2.40. The van der Waals surface area contributed by atoms with Gasteiger partial charge in [0.25, 0.3) is 0 Å². The Morgan fingerprint density at radius 3 is 2.68 bits per heavy atom. The normalized spacial score (nSPS) is 19.5. The van der Waals surface area contributed by atoms with E-state index < -0.39 is 12.0 Å². The lowest BCUT2D eigenvalue weighted by molar-refractivity contribution is -0.147. The monoisotopic (exact) mass is 273 g/mol. The molecule has 0 aliphatic carbocycles. The Kier molecular flexibility index (Phi) is 6.58. The number of carbonyl (C=O) groups excluding carboxylic acids is 1. The topological polar surface area (TPSA) is 82.1 Å². The second-order valence-corrected chi connectivity index (χ2v) is 4.38. The van der Waals surface area contributed by atoms with Gasteiger partial charge in [0, 0.05) is 19.6 Å². The number of hydrogen-bond donors (Lipinski definition) is 2. The van der Waals surface area contributed by atoms with Crippen LogP contribution >= 0.6 is 0 Å². The number of nitrogens with zero attached hydrogens (tertiary/aromatic N) is 2. The van der Waals surface area contributed by atoms with Crippen molar-refractivity contribution in [2.24, 2.45) is 0 Å². The molecule has 1 heterocycles. The minimum atomic E-state index is -1.03. The van der Waals surface area contributed by atoms with Gasteiger partial charge >= 0.3 is 12.0 Å². The number of aliphatic carboxylic acids is 1. The first-order valence-corrected chi connectivity index (χ1v) is 6.67. The number of rotatable bonds is 6. The first-order chi connectivity index (χ1) is 9.10. The zero-order valence-electron chi connectivity index (χ0n) is 11.6. The van der Waals surface area contributed by atoms with E-state index in [9.17, 15) is 9.59 Å². The Hall–Kier alpha value is -1.34. The second-order valence-electron chi connectivity index (χ2n) is 4.38. The van der Waals surface area contributed by atoms with E-state index in [1.165, 1.54) is 4.90 Å². The fourth-order valence-corrected chi connectivity index (χ4v) is 2.01. The maximum Gasteiger partial charge on any atom is 0.328 e. The largest absolute Gasteiger partial charge is 0.480 e. The van der Waals surface area contributed by atoms with Gasteiger partial charge in [-0.25, -0.2) is 9.59 Å². The van der Waals surface area contributed by atoms with Gasteiger partial charge < -0.3 is 25.0 Å². The van der Waals surface area contributed by atoms with Gasteiger partial charge in [-0.2, -0.15) is 0 Å². The van der Waals surface area contributed by atoms with Gasteiger partial charge in [-0.05, 0) is 13.1 Å². The minimum absolute atomic E-state index is 0.0544. The van der Waals surface area contributed by atoms with Crippen LogP contribution in [0.4, 0.5) is 4.79 Å². The smallest absolute Gasteiger partial charge is 0.328 e. The molecule has 2 N–H and O–H groups in total. The molecule has 0 bridgehead atoms. The molecule has 0 spiro atoms. The van der Waals surface area contributed by atoms with Crippen LogP contribution in [0.5, 0.6) is 0 Å². The van der Waals surface area contributed by atoms with Gasteiger partial charge in [0.15, 0.2) is 6.04 Å². The first-order valence-electron chi connectivity index (χ1n) is 6.67. The van der Waals surface area contributed by atoms with E-state index in [0.717, 1.165) is 19.6 Å². The molecule has 19 heavy (non-hydrogen) atoms. The van der Waals surface area contributed by atoms with Crippen LogP contribution < -0.4 is 5.32 Å². The highest BCUT2D eigenvalue weighted by molar-refractivity contribution is 5.82. The molecule has 1 aliphatic rings. The molecule has 0 aromatic heterocycles. The van der Waals surface area contributed by atoms with Crippen LogP contribution in [-0.2, 0) is 9.53 Å². The highest BCUT2D eigenvalue weighted by atomic mass is 16.5. The van der Waals surface area contributed by atoms with Crippen LogP contribution in [-0.4, -0.2) is 78.9 Å². The fraction of sp³-hybridized carbons (Fsp3) is 0.833. The molecule has 1 rings (SSSR count). The first kappa shape index (κ1) is 15.7. The van der Waals surface area contributed by atoms with Crippen molar-refractivity contribution in [1.82, 2.24) is 15.1 Å². The zero-order valence-corrected chi connectivity index (χ0v) is 11.6. The van der Waals surface area contributed by atoms with Gasteiger partial charge in [0.05, 0.1) is 13.2 Å². The SMILES string of the molecule is CCN(CC)CCNC(=O)N1CCOCC1C(=O)O. The van der Waals surface area contributed by atoms with Crippen LogP contribution in [0.1, 0.15) is 13.8 Å². The molecule has 2 amide bonds. The van der Waals surface area contributed by atoms with Crippen molar-refractivity contribution in [3.05, 3.63) is 0 Å². The third-order valence-corrected chi connectivity index (χ3v) is 3.27. The number of morpholine rings is 1.